The van der Waals surface area contributed by atoms with Gasteiger partial charge in [-0.2, -0.15) is 0 Å². The highest BCUT2D eigenvalue weighted by Gasteiger charge is 2.18. The molecular formula is C13H18N2O5. The number of carboxylic acids is 1. The Kier molecular flexibility index (Phi) is 5.60. The molecule has 0 bridgehead atoms. The van der Waals surface area contributed by atoms with Crippen molar-refractivity contribution in [3.05, 3.63) is 29.1 Å². The number of ether oxygens (including phenoxy) is 1. The van der Waals surface area contributed by atoms with Crippen LogP contribution in [0.4, 0.5) is 0 Å². The van der Waals surface area contributed by atoms with E-state index in [0.29, 0.717) is 0 Å². The maximum absolute atomic E-state index is 12.1. The molecule has 20 heavy (non-hydrogen) atoms. The van der Waals surface area contributed by atoms with Crippen LogP contribution in [0.3, 0.4) is 0 Å². The van der Waals surface area contributed by atoms with E-state index in [1.165, 1.54) is 38.1 Å². The topological polar surface area (TPSA) is 100.0 Å². The van der Waals surface area contributed by atoms with Crippen molar-refractivity contribution in [1.29, 1.82) is 0 Å². The molecule has 1 aromatic rings. The van der Waals surface area contributed by atoms with Crippen LogP contribution in [0.5, 0.6) is 0 Å². The lowest BCUT2D eigenvalue weighted by Gasteiger charge is -2.20. The van der Waals surface area contributed by atoms with Gasteiger partial charge in [0.2, 0.25) is 0 Å². The van der Waals surface area contributed by atoms with Gasteiger partial charge in [-0.3, -0.25) is 4.79 Å². The minimum Gasteiger partial charge on any atom is -0.478 e. The van der Waals surface area contributed by atoms with Gasteiger partial charge < -0.3 is 19.8 Å². The number of hydrogen-bond acceptors (Lipinski definition) is 5. The van der Waals surface area contributed by atoms with Crippen LogP contribution in [0.1, 0.15) is 26.5 Å². The monoisotopic (exact) mass is 282 g/mol. The molecule has 1 heterocycles. The zero-order valence-corrected chi connectivity index (χ0v) is 11.7. The van der Waals surface area contributed by atoms with E-state index in [-0.39, 0.29) is 36.0 Å². The van der Waals surface area contributed by atoms with Gasteiger partial charge in [-0.05, 0) is 19.1 Å². The van der Waals surface area contributed by atoms with E-state index in [9.17, 15) is 14.7 Å². The largest absolute Gasteiger partial charge is 0.478 e. The lowest BCUT2D eigenvalue weighted by atomic mass is 10.2. The van der Waals surface area contributed by atoms with Crippen LogP contribution in [-0.4, -0.2) is 65.4 Å². The number of methoxy groups -OCH3 is 1. The number of nitrogens with zero attached hydrogens (tertiary/aromatic N) is 2. The Balaban J connectivity index is 2.82. The Morgan fingerprint density at radius 2 is 2.10 bits per heavy atom. The van der Waals surface area contributed by atoms with Gasteiger partial charge in [0.1, 0.15) is 5.69 Å². The van der Waals surface area contributed by atoms with Crippen molar-refractivity contribution in [2.45, 2.75) is 13.0 Å². The summed E-state index contributed by atoms with van der Waals surface area (Å²) >= 11 is 0. The Labute approximate surface area is 116 Å². The van der Waals surface area contributed by atoms with Crippen molar-refractivity contribution < 1.29 is 24.5 Å². The lowest BCUT2D eigenvalue weighted by Crippen LogP contribution is -2.36. The second kappa shape index (κ2) is 6.97. The number of aliphatic hydroxyl groups is 1. The van der Waals surface area contributed by atoms with Crippen molar-refractivity contribution in [3.8, 4) is 0 Å². The number of rotatable bonds is 6. The summed E-state index contributed by atoms with van der Waals surface area (Å²) in [5.74, 6) is -1.47. The summed E-state index contributed by atoms with van der Waals surface area (Å²) in [6, 6.07) is 2.70. The molecule has 0 radical (unpaired) electrons. The third-order valence-electron chi connectivity index (χ3n) is 2.73. The van der Waals surface area contributed by atoms with E-state index in [0.717, 1.165) is 0 Å². The number of carbonyl (C=O) groups excluding carboxylic acids is 1. The van der Waals surface area contributed by atoms with E-state index in [4.69, 9.17) is 9.84 Å². The van der Waals surface area contributed by atoms with E-state index in [2.05, 4.69) is 4.98 Å². The van der Waals surface area contributed by atoms with Crippen molar-refractivity contribution in [3.63, 3.8) is 0 Å². The average molecular weight is 282 g/mol. The second-order valence-corrected chi connectivity index (χ2v) is 4.43. The summed E-state index contributed by atoms with van der Waals surface area (Å²) in [4.78, 5) is 28.2. The van der Waals surface area contributed by atoms with Crippen LogP contribution < -0.4 is 0 Å². The number of carbonyl (C=O) groups is 2. The quantitative estimate of drug-likeness (QED) is 0.771. The molecule has 0 aliphatic carbocycles. The molecule has 0 spiro atoms. The normalized spacial score (nSPS) is 12.0. The van der Waals surface area contributed by atoms with Crippen LogP contribution in [0, 0.1) is 6.92 Å². The summed E-state index contributed by atoms with van der Waals surface area (Å²) in [5.41, 5.74) is 0.470. The van der Waals surface area contributed by atoms with Gasteiger partial charge in [0.15, 0.2) is 0 Å². The summed E-state index contributed by atoms with van der Waals surface area (Å²) in [5, 5.41) is 18.5. The highest BCUT2D eigenvalue weighted by molar-refractivity contribution is 5.94. The van der Waals surface area contributed by atoms with E-state index < -0.39 is 12.1 Å². The Bertz CT molecular complexity index is 504. The number of carboxylic acid groups (broad SMARTS) is 1. The van der Waals surface area contributed by atoms with Crippen molar-refractivity contribution in [1.82, 2.24) is 9.88 Å². The molecule has 0 saturated carbocycles. The summed E-state index contributed by atoms with van der Waals surface area (Å²) in [6.45, 7) is 1.76. The average Bonchev–Trinajstić information content (AvgIpc) is 2.37. The molecule has 0 fully saturated rings. The second-order valence-electron chi connectivity index (χ2n) is 4.43. The molecule has 2 N–H and O–H groups in total. The van der Waals surface area contributed by atoms with Gasteiger partial charge in [-0.1, -0.05) is 0 Å². The minimum absolute atomic E-state index is 0.0589. The van der Waals surface area contributed by atoms with Gasteiger partial charge in [0.05, 0.1) is 24.0 Å². The number of amides is 1. The lowest BCUT2D eigenvalue weighted by molar-refractivity contribution is 0.0377. The molecule has 1 atom stereocenters. The first kappa shape index (κ1) is 16.1. The number of aliphatic hydroxyl groups excluding tert-OH is 1. The predicted octanol–water partition coefficient (Wildman–Crippen LogP) is 0.168. The summed E-state index contributed by atoms with van der Waals surface area (Å²) < 4.78 is 4.78. The molecule has 7 nitrogen and oxygen atoms in total. The van der Waals surface area contributed by atoms with Crippen LogP contribution in [-0.2, 0) is 4.74 Å². The minimum atomic E-state index is -1.09. The first-order valence-electron chi connectivity index (χ1n) is 6.00. The molecular weight excluding hydrogens is 264 g/mol. The van der Waals surface area contributed by atoms with Gasteiger partial charge in [-0.15, -0.1) is 0 Å². The maximum atomic E-state index is 12.1. The standard InChI is InChI=1S/C13H18N2O5/c1-8-10(13(18)19)4-5-11(14-8)12(17)15(2)6-9(16)7-20-3/h4-5,9,16H,6-7H2,1-3H3,(H,18,19). The highest BCUT2D eigenvalue weighted by Crippen LogP contribution is 2.09. The van der Waals surface area contributed by atoms with Crippen LogP contribution in [0.2, 0.25) is 0 Å². The first-order valence-corrected chi connectivity index (χ1v) is 6.00. The number of likely N-dealkylation sites (N-methyl/N-ethyl adjacent to an activating group) is 1. The number of pyridine rings is 1. The molecule has 1 amide bonds. The maximum Gasteiger partial charge on any atom is 0.337 e. The molecule has 7 heteroatoms. The van der Waals surface area contributed by atoms with E-state index in [1.54, 1.807) is 0 Å². The SMILES string of the molecule is COCC(O)CN(C)C(=O)c1ccc(C(=O)O)c(C)n1. The summed E-state index contributed by atoms with van der Waals surface area (Å²) in [7, 11) is 2.99. The fourth-order valence-corrected chi connectivity index (χ4v) is 1.75. The molecule has 1 aromatic heterocycles. The Morgan fingerprint density at radius 3 is 2.60 bits per heavy atom. The number of aryl methyl sites for hydroxylation is 1. The van der Waals surface area contributed by atoms with Crippen molar-refractivity contribution in [2.24, 2.45) is 0 Å². The Hall–Kier alpha value is -1.99. The third-order valence-corrected chi connectivity index (χ3v) is 2.73. The number of hydrogen-bond donors (Lipinski definition) is 2. The molecule has 1 rings (SSSR count). The molecule has 0 aliphatic rings. The molecule has 110 valence electrons. The van der Waals surface area contributed by atoms with Crippen LogP contribution in [0.25, 0.3) is 0 Å². The van der Waals surface area contributed by atoms with E-state index in [1.807, 2.05) is 0 Å². The van der Waals surface area contributed by atoms with Crippen molar-refractivity contribution in [2.75, 3.05) is 27.3 Å². The molecule has 0 saturated heterocycles. The van der Waals surface area contributed by atoms with Crippen LogP contribution in [0.15, 0.2) is 12.1 Å². The van der Waals surface area contributed by atoms with Crippen molar-refractivity contribution >= 4 is 11.9 Å². The Morgan fingerprint density at radius 1 is 1.45 bits per heavy atom. The van der Waals surface area contributed by atoms with E-state index >= 15 is 0 Å². The summed E-state index contributed by atoms with van der Waals surface area (Å²) in [6.07, 6.45) is -0.784. The fraction of sp³-hybridized carbons (Fsp3) is 0.462. The molecule has 0 aromatic carbocycles. The smallest absolute Gasteiger partial charge is 0.337 e. The molecule has 0 aliphatic heterocycles. The zero-order chi connectivity index (χ0) is 15.3. The number of aromatic nitrogens is 1. The highest BCUT2D eigenvalue weighted by atomic mass is 16.5. The van der Waals surface area contributed by atoms with Crippen LogP contribution >= 0.6 is 0 Å². The molecule has 1 unspecified atom stereocenters. The third kappa shape index (κ3) is 4.01. The predicted molar refractivity (Wildman–Crippen MR) is 70.8 cm³/mol. The van der Waals surface area contributed by atoms with Gasteiger partial charge in [-0.25, -0.2) is 9.78 Å². The fourth-order valence-electron chi connectivity index (χ4n) is 1.75. The van der Waals surface area contributed by atoms with Gasteiger partial charge in [0.25, 0.3) is 5.91 Å². The first-order chi connectivity index (χ1) is 9.36. The zero-order valence-electron chi connectivity index (χ0n) is 11.7. The van der Waals surface area contributed by atoms with Gasteiger partial charge in [0, 0.05) is 20.7 Å². The number of aromatic carboxylic acids is 1. The van der Waals surface area contributed by atoms with Gasteiger partial charge >= 0.3 is 5.97 Å².